The van der Waals surface area contributed by atoms with Crippen LogP contribution in [-0.2, 0) is 0 Å². The van der Waals surface area contributed by atoms with Gasteiger partial charge >= 0.3 is 0 Å². The maximum Gasteiger partial charge on any atom is 0.0162 e. The summed E-state index contributed by atoms with van der Waals surface area (Å²) in [6.45, 7) is 12.0. The van der Waals surface area contributed by atoms with Crippen LogP contribution < -0.4 is 5.32 Å². The lowest BCUT2D eigenvalue weighted by Gasteiger charge is -1.98. The van der Waals surface area contributed by atoms with E-state index >= 15 is 0 Å². The summed E-state index contributed by atoms with van der Waals surface area (Å²) in [5, 5.41) is 3.25. The predicted octanol–water partition coefficient (Wildman–Crippen LogP) is 2.92. The molecule has 0 aromatic carbocycles. The summed E-state index contributed by atoms with van der Waals surface area (Å²) < 4.78 is 0. The molecule has 0 saturated carbocycles. The highest BCUT2D eigenvalue weighted by atomic mass is 14.8. The molecule has 0 aromatic rings. The number of rotatable bonds is 6. The Labute approximate surface area is 82.2 Å². The van der Waals surface area contributed by atoms with E-state index in [2.05, 4.69) is 50.0 Å². The molecule has 0 amide bonds. The monoisotopic (exact) mass is 179 g/mol. The molecular formula is C12H21N. The van der Waals surface area contributed by atoms with Crippen LogP contribution >= 0.6 is 0 Å². The fourth-order valence-corrected chi connectivity index (χ4v) is 0.802. The van der Waals surface area contributed by atoms with Gasteiger partial charge in [0.05, 0.1) is 0 Å². The molecule has 0 heterocycles. The van der Waals surface area contributed by atoms with Gasteiger partial charge in [0.25, 0.3) is 0 Å². The second-order valence-corrected chi connectivity index (χ2v) is 3.65. The minimum atomic E-state index is 0.632. The van der Waals surface area contributed by atoms with Gasteiger partial charge in [-0.3, -0.25) is 0 Å². The van der Waals surface area contributed by atoms with Crippen LogP contribution in [0.5, 0.6) is 0 Å². The van der Waals surface area contributed by atoms with E-state index in [4.69, 9.17) is 0 Å². The Bertz CT molecular complexity index is 187. The Morgan fingerprint density at radius 1 is 1.38 bits per heavy atom. The molecule has 0 aromatic heterocycles. The highest BCUT2D eigenvalue weighted by Crippen LogP contribution is 1.92. The van der Waals surface area contributed by atoms with Crippen LogP contribution in [0.25, 0.3) is 0 Å². The fraction of sp³-hybridized carbons (Fsp3) is 0.500. The van der Waals surface area contributed by atoms with Gasteiger partial charge in [0.15, 0.2) is 0 Å². The van der Waals surface area contributed by atoms with Crippen molar-refractivity contribution in [1.29, 1.82) is 0 Å². The summed E-state index contributed by atoms with van der Waals surface area (Å²) in [4.78, 5) is 0. The van der Waals surface area contributed by atoms with Gasteiger partial charge in [-0.15, -0.1) is 0 Å². The smallest absolute Gasteiger partial charge is 0.0162 e. The molecule has 0 saturated heterocycles. The van der Waals surface area contributed by atoms with Crippen molar-refractivity contribution in [2.24, 2.45) is 5.92 Å². The average molecular weight is 179 g/mol. The molecule has 0 atom stereocenters. The second kappa shape index (κ2) is 7.81. The molecule has 0 aliphatic heterocycles. The van der Waals surface area contributed by atoms with Crippen LogP contribution in [0.2, 0.25) is 0 Å². The molecule has 1 heteroatoms. The lowest BCUT2D eigenvalue weighted by atomic mass is 10.2. The number of nitrogens with one attached hydrogen (secondary N) is 1. The topological polar surface area (TPSA) is 12.0 Å². The lowest BCUT2D eigenvalue weighted by Crippen LogP contribution is -2.15. The van der Waals surface area contributed by atoms with Crippen molar-refractivity contribution in [3.8, 4) is 0 Å². The highest BCUT2D eigenvalue weighted by molar-refractivity contribution is 5.04. The zero-order valence-electron chi connectivity index (χ0n) is 9.01. The summed E-state index contributed by atoms with van der Waals surface area (Å²) in [5.74, 6) is 0.632. The zero-order chi connectivity index (χ0) is 10.1. The zero-order valence-corrected chi connectivity index (χ0v) is 9.01. The van der Waals surface area contributed by atoms with Gasteiger partial charge < -0.3 is 5.32 Å². The van der Waals surface area contributed by atoms with Crippen LogP contribution in [0.15, 0.2) is 36.5 Å². The first-order valence-electron chi connectivity index (χ1n) is 4.81. The SMILES string of the molecule is C=C(C)CNC/C=C/C=C/C(C)C. The largest absolute Gasteiger partial charge is 0.310 e. The summed E-state index contributed by atoms with van der Waals surface area (Å²) in [6, 6.07) is 0. The van der Waals surface area contributed by atoms with Crippen molar-refractivity contribution < 1.29 is 0 Å². The highest BCUT2D eigenvalue weighted by Gasteiger charge is 1.82. The van der Waals surface area contributed by atoms with Crippen LogP contribution in [0.4, 0.5) is 0 Å². The van der Waals surface area contributed by atoms with Gasteiger partial charge in [-0.2, -0.15) is 0 Å². The maximum absolute atomic E-state index is 3.81. The van der Waals surface area contributed by atoms with E-state index in [0.717, 1.165) is 13.1 Å². The van der Waals surface area contributed by atoms with Crippen LogP contribution in [0, 0.1) is 5.92 Å². The van der Waals surface area contributed by atoms with E-state index in [1.54, 1.807) is 0 Å². The van der Waals surface area contributed by atoms with Gasteiger partial charge in [-0.1, -0.05) is 50.3 Å². The molecule has 1 N–H and O–H groups in total. The number of allylic oxidation sites excluding steroid dienone is 3. The van der Waals surface area contributed by atoms with Crippen molar-refractivity contribution in [2.75, 3.05) is 13.1 Å². The average Bonchev–Trinajstić information content (AvgIpc) is 2.01. The van der Waals surface area contributed by atoms with Gasteiger partial charge in [-0.05, 0) is 12.8 Å². The second-order valence-electron chi connectivity index (χ2n) is 3.65. The third kappa shape index (κ3) is 11.2. The molecule has 0 aliphatic rings. The van der Waals surface area contributed by atoms with Crippen molar-refractivity contribution in [1.82, 2.24) is 5.32 Å². The molecule has 13 heavy (non-hydrogen) atoms. The summed E-state index contributed by atoms with van der Waals surface area (Å²) in [7, 11) is 0. The van der Waals surface area contributed by atoms with E-state index in [9.17, 15) is 0 Å². The Morgan fingerprint density at radius 2 is 2.08 bits per heavy atom. The van der Waals surface area contributed by atoms with E-state index < -0.39 is 0 Å². The van der Waals surface area contributed by atoms with E-state index in [1.807, 2.05) is 6.92 Å². The first-order chi connectivity index (χ1) is 6.13. The van der Waals surface area contributed by atoms with Gasteiger partial charge in [0.2, 0.25) is 0 Å². The molecule has 0 spiro atoms. The molecule has 0 fully saturated rings. The molecule has 1 nitrogen and oxygen atoms in total. The van der Waals surface area contributed by atoms with Crippen molar-refractivity contribution >= 4 is 0 Å². The first-order valence-corrected chi connectivity index (χ1v) is 4.81. The summed E-state index contributed by atoms with van der Waals surface area (Å²) in [6.07, 6.45) is 8.45. The van der Waals surface area contributed by atoms with Gasteiger partial charge in [-0.25, -0.2) is 0 Å². The van der Waals surface area contributed by atoms with Crippen molar-refractivity contribution in [2.45, 2.75) is 20.8 Å². The van der Waals surface area contributed by atoms with Crippen LogP contribution in [-0.4, -0.2) is 13.1 Å². The molecule has 0 rings (SSSR count). The molecule has 0 aliphatic carbocycles. The molecule has 0 radical (unpaired) electrons. The third-order valence-corrected chi connectivity index (χ3v) is 1.43. The van der Waals surface area contributed by atoms with Gasteiger partial charge in [0.1, 0.15) is 0 Å². The Balaban J connectivity index is 3.37. The summed E-state index contributed by atoms with van der Waals surface area (Å²) in [5.41, 5.74) is 1.17. The van der Waals surface area contributed by atoms with Crippen LogP contribution in [0.1, 0.15) is 20.8 Å². The maximum atomic E-state index is 3.81. The molecule has 0 bridgehead atoms. The number of hydrogen-bond acceptors (Lipinski definition) is 1. The first kappa shape index (κ1) is 12.2. The van der Waals surface area contributed by atoms with Crippen molar-refractivity contribution in [3.05, 3.63) is 36.5 Å². The standard InChI is InChI=1S/C12H21N/c1-11(2)8-6-5-7-9-13-10-12(3)4/h5-8,11,13H,3,9-10H2,1-2,4H3/b7-5+,8-6+. The van der Waals surface area contributed by atoms with Crippen LogP contribution in [0.3, 0.4) is 0 Å². The summed E-state index contributed by atoms with van der Waals surface area (Å²) >= 11 is 0. The molecular weight excluding hydrogens is 158 g/mol. The van der Waals surface area contributed by atoms with E-state index in [0.29, 0.717) is 5.92 Å². The lowest BCUT2D eigenvalue weighted by molar-refractivity contribution is 0.815. The predicted molar refractivity (Wildman–Crippen MR) is 60.8 cm³/mol. The fourth-order valence-electron chi connectivity index (χ4n) is 0.802. The van der Waals surface area contributed by atoms with Gasteiger partial charge in [0, 0.05) is 13.1 Å². The molecule has 0 unspecified atom stereocenters. The van der Waals surface area contributed by atoms with E-state index in [1.165, 1.54) is 5.57 Å². The van der Waals surface area contributed by atoms with Crippen molar-refractivity contribution in [3.63, 3.8) is 0 Å². The molecule has 74 valence electrons. The quantitative estimate of drug-likeness (QED) is 0.375. The Morgan fingerprint density at radius 3 is 2.62 bits per heavy atom. The third-order valence-electron chi connectivity index (χ3n) is 1.43. The minimum Gasteiger partial charge on any atom is -0.310 e. The normalized spacial score (nSPS) is 12.0. The Kier molecular flexibility index (Phi) is 7.32. The van der Waals surface area contributed by atoms with E-state index in [-0.39, 0.29) is 0 Å². The minimum absolute atomic E-state index is 0.632. The number of hydrogen-bond donors (Lipinski definition) is 1. The Hall–Kier alpha value is -0.820.